The molecule has 88 valence electrons. The van der Waals surface area contributed by atoms with E-state index in [2.05, 4.69) is 4.98 Å². The molecule has 1 aromatic rings. The van der Waals surface area contributed by atoms with Crippen molar-refractivity contribution in [1.82, 2.24) is 4.98 Å². The summed E-state index contributed by atoms with van der Waals surface area (Å²) < 4.78 is 5.54. The molecule has 0 radical (unpaired) electrons. The van der Waals surface area contributed by atoms with E-state index in [9.17, 15) is 5.11 Å². The molecule has 3 nitrogen and oxygen atoms in total. The minimum Gasteiger partial charge on any atom is -0.387 e. The second-order valence-corrected chi connectivity index (χ2v) is 5.88. The normalized spacial score (nSPS) is 26.5. The van der Waals surface area contributed by atoms with Crippen molar-refractivity contribution >= 4 is 11.3 Å². The molecular weight excluding hydrogens is 222 g/mol. The third kappa shape index (κ3) is 1.79. The lowest BCUT2D eigenvalue weighted by Gasteiger charge is -2.14. The quantitative estimate of drug-likeness (QED) is 0.881. The molecule has 1 aromatic heterocycles. The molecule has 0 bridgehead atoms. The van der Waals surface area contributed by atoms with Crippen LogP contribution < -0.4 is 0 Å². The minimum atomic E-state index is -0.342. The van der Waals surface area contributed by atoms with Gasteiger partial charge in [0.15, 0.2) is 0 Å². The molecule has 1 N–H and O–H groups in total. The Morgan fingerprint density at radius 2 is 2.25 bits per heavy atom. The zero-order chi connectivity index (χ0) is 11.1. The molecule has 2 unspecified atom stereocenters. The van der Waals surface area contributed by atoms with E-state index >= 15 is 0 Å². The highest BCUT2D eigenvalue weighted by atomic mass is 32.1. The van der Waals surface area contributed by atoms with Gasteiger partial charge < -0.3 is 9.84 Å². The third-order valence-corrected chi connectivity index (χ3v) is 4.68. The number of thiazole rings is 1. The number of methoxy groups -OCH3 is 1. The van der Waals surface area contributed by atoms with Crippen LogP contribution in [0.2, 0.25) is 0 Å². The van der Waals surface area contributed by atoms with E-state index in [0.29, 0.717) is 5.92 Å². The van der Waals surface area contributed by atoms with E-state index in [1.54, 1.807) is 18.4 Å². The SMILES string of the molecule is COC(c1nc2c(s1)CCCC2O)C1CC1. The van der Waals surface area contributed by atoms with Gasteiger partial charge in [-0.2, -0.15) is 0 Å². The molecule has 2 aliphatic rings. The average Bonchev–Trinajstić information content (AvgIpc) is 2.99. The second kappa shape index (κ2) is 4.09. The minimum absolute atomic E-state index is 0.169. The maximum Gasteiger partial charge on any atom is 0.122 e. The van der Waals surface area contributed by atoms with Crippen molar-refractivity contribution in [2.45, 2.75) is 44.3 Å². The van der Waals surface area contributed by atoms with Gasteiger partial charge in [0.05, 0.1) is 11.8 Å². The molecule has 0 spiro atoms. The fourth-order valence-corrected chi connectivity index (χ4v) is 3.76. The first-order valence-electron chi connectivity index (χ1n) is 6.00. The number of aliphatic hydroxyl groups is 1. The number of rotatable bonds is 3. The molecule has 0 aliphatic heterocycles. The summed E-state index contributed by atoms with van der Waals surface area (Å²) in [4.78, 5) is 5.88. The lowest BCUT2D eigenvalue weighted by molar-refractivity contribution is 0.0834. The summed E-state index contributed by atoms with van der Waals surface area (Å²) in [6.45, 7) is 0. The van der Waals surface area contributed by atoms with Gasteiger partial charge in [-0.05, 0) is 38.0 Å². The van der Waals surface area contributed by atoms with Gasteiger partial charge in [0.2, 0.25) is 0 Å². The van der Waals surface area contributed by atoms with Crippen LogP contribution in [0.5, 0.6) is 0 Å². The smallest absolute Gasteiger partial charge is 0.122 e. The number of aryl methyl sites for hydroxylation is 1. The van der Waals surface area contributed by atoms with Gasteiger partial charge in [-0.3, -0.25) is 0 Å². The van der Waals surface area contributed by atoms with Crippen LogP contribution >= 0.6 is 11.3 Å². The molecule has 1 fully saturated rings. The highest BCUT2D eigenvalue weighted by Crippen LogP contribution is 2.45. The Kier molecular flexibility index (Phi) is 2.73. The maximum absolute atomic E-state index is 9.89. The molecule has 16 heavy (non-hydrogen) atoms. The predicted octanol–water partition coefficient (Wildman–Crippen LogP) is 2.61. The van der Waals surface area contributed by atoms with Crippen molar-refractivity contribution in [2.24, 2.45) is 5.92 Å². The van der Waals surface area contributed by atoms with Crippen molar-refractivity contribution in [1.29, 1.82) is 0 Å². The molecule has 1 heterocycles. The van der Waals surface area contributed by atoms with Crippen LogP contribution in [-0.4, -0.2) is 17.2 Å². The molecule has 0 aromatic carbocycles. The zero-order valence-electron chi connectivity index (χ0n) is 9.48. The summed E-state index contributed by atoms with van der Waals surface area (Å²) in [7, 11) is 1.76. The van der Waals surface area contributed by atoms with Gasteiger partial charge in [-0.1, -0.05) is 0 Å². The zero-order valence-corrected chi connectivity index (χ0v) is 10.3. The summed E-state index contributed by atoms with van der Waals surface area (Å²) in [5, 5.41) is 11.0. The van der Waals surface area contributed by atoms with Gasteiger partial charge in [-0.15, -0.1) is 11.3 Å². The van der Waals surface area contributed by atoms with Crippen LogP contribution in [0.4, 0.5) is 0 Å². The molecule has 1 saturated carbocycles. The lowest BCUT2D eigenvalue weighted by atomic mass is 10.0. The molecule has 3 rings (SSSR count). The number of ether oxygens (including phenoxy) is 1. The Morgan fingerprint density at radius 1 is 1.44 bits per heavy atom. The van der Waals surface area contributed by atoms with Crippen LogP contribution in [-0.2, 0) is 11.2 Å². The summed E-state index contributed by atoms with van der Waals surface area (Å²) in [5.41, 5.74) is 0.925. The largest absolute Gasteiger partial charge is 0.387 e. The van der Waals surface area contributed by atoms with E-state index in [4.69, 9.17) is 4.74 Å². The first-order valence-corrected chi connectivity index (χ1v) is 6.81. The molecule has 2 aliphatic carbocycles. The first kappa shape index (κ1) is 10.7. The number of nitrogens with zero attached hydrogens (tertiary/aromatic N) is 1. The van der Waals surface area contributed by atoms with E-state index < -0.39 is 0 Å². The van der Waals surface area contributed by atoms with E-state index in [0.717, 1.165) is 30.0 Å². The van der Waals surface area contributed by atoms with Gasteiger partial charge >= 0.3 is 0 Å². The fourth-order valence-electron chi connectivity index (χ4n) is 2.43. The molecule has 0 saturated heterocycles. The van der Waals surface area contributed by atoms with Crippen molar-refractivity contribution in [3.05, 3.63) is 15.6 Å². The van der Waals surface area contributed by atoms with Gasteiger partial charge in [0.1, 0.15) is 11.1 Å². The Labute approximate surface area is 99.5 Å². The van der Waals surface area contributed by atoms with Crippen LogP contribution in [0.15, 0.2) is 0 Å². The maximum atomic E-state index is 9.89. The first-order chi connectivity index (χ1) is 7.79. The number of hydrogen-bond donors (Lipinski definition) is 1. The highest BCUT2D eigenvalue weighted by Gasteiger charge is 2.36. The summed E-state index contributed by atoms with van der Waals surface area (Å²) in [6.07, 6.45) is 5.35. The summed E-state index contributed by atoms with van der Waals surface area (Å²) in [6, 6.07) is 0. The number of fused-ring (bicyclic) bond motifs is 1. The van der Waals surface area contributed by atoms with Gasteiger partial charge in [0, 0.05) is 12.0 Å². The Morgan fingerprint density at radius 3 is 2.88 bits per heavy atom. The van der Waals surface area contributed by atoms with Gasteiger partial charge in [-0.25, -0.2) is 4.98 Å². The summed E-state index contributed by atoms with van der Waals surface area (Å²) >= 11 is 1.74. The number of aliphatic hydroxyl groups excluding tert-OH is 1. The average molecular weight is 239 g/mol. The second-order valence-electron chi connectivity index (χ2n) is 4.76. The van der Waals surface area contributed by atoms with E-state index in [1.165, 1.54) is 17.7 Å². The highest BCUT2D eigenvalue weighted by molar-refractivity contribution is 7.11. The van der Waals surface area contributed by atoms with E-state index in [1.807, 2.05) is 0 Å². The fraction of sp³-hybridized carbons (Fsp3) is 0.750. The topological polar surface area (TPSA) is 42.4 Å². The Bertz CT molecular complexity index is 386. The molecule has 2 atom stereocenters. The number of hydrogen-bond acceptors (Lipinski definition) is 4. The Balaban J connectivity index is 1.90. The standard InChI is InChI=1S/C12H17NO2S/c1-15-11(7-5-6-7)12-13-10-8(14)3-2-4-9(10)16-12/h7-8,11,14H,2-6H2,1H3. The molecule has 4 heteroatoms. The van der Waals surface area contributed by atoms with Crippen molar-refractivity contribution in [3.8, 4) is 0 Å². The number of aromatic nitrogens is 1. The van der Waals surface area contributed by atoms with Crippen LogP contribution in [0.25, 0.3) is 0 Å². The predicted molar refractivity (Wildman–Crippen MR) is 62.5 cm³/mol. The van der Waals surface area contributed by atoms with Crippen LogP contribution in [0.3, 0.4) is 0 Å². The van der Waals surface area contributed by atoms with Gasteiger partial charge in [0.25, 0.3) is 0 Å². The third-order valence-electron chi connectivity index (χ3n) is 3.49. The lowest BCUT2D eigenvalue weighted by Crippen LogP contribution is -2.08. The van der Waals surface area contributed by atoms with Crippen LogP contribution in [0, 0.1) is 5.92 Å². The molecular formula is C12H17NO2S. The van der Waals surface area contributed by atoms with E-state index in [-0.39, 0.29) is 12.2 Å². The van der Waals surface area contributed by atoms with Crippen molar-refractivity contribution in [3.63, 3.8) is 0 Å². The van der Waals surface area contributed by atoms with Crippen molar-refractivity contribution in [2.75, 3.05) is 7.11 Å². The Hall–Kier alpha value is -0.450. The monoisotopic (exact) mass is 239 g/mol. The molecule has 0 amide bonds. The van der Waals surface area contributed by atoms with Crippen LogP contribution in [0.1, 0.15) is 53.5 Å². The van der Waals surface area contributed by atoms with Crippen molar-refractivity contribution < 1.29 is 9.84 Å². The summed E-state index contributed by atoms with van der Waals surface area (Å²) in [5.74, 6) is 0.662.